The molecule has 0 saturated carbocycles. The summed E-state index contributed by atoms with van der Waals surface area (Å²) >= 11 is 0. The Morgan fingerprint density at radius 1 is 0.293 bits per heavy atom. The van der Waals surface area contributed by atoms with Crippen molar-refractivity contribution in [1.29, 1.82) is 0 Å². The quantitative estimate of drug-likeness (QED) is 0.0702. The fourth-order valence-corrected chi connectivity index (χ4v) is 6.98. The van der Waals surface area contributed by atoms with Crippen LogP contribution in [0, 0.1) is 0 Å². The zero-order valence-electron chi connectivity index (χ0n) is 29.7. The highest BCUT2D eigenvalue weighted by molar-refractivity contribution is 4.79. The van der Waals surface area contributed by atoms with Gasteiger partial charge in [-0.3, -0.25) is 0 Å². The van der Waals surface area contributed by atoms with Crippen molar-refractivity contribution in [3.8, 4) is 0 Å². The van der Waals surface area contributed by atoms with E-state index in [0.29, 0.717) is 5.54 Å². The fourth-order valence-electron chi connectivity index (χ4n) is 6.98. The summed E-state index contributed by atoms with van der Waals surface area (Å²) in [6.07, 6.45) is 48.2. The van der Waals surface area contributed by atoms with E-state index in [1.807, 2.05) is 0 Å². The van der Waals surface area contributed by atoms with E-state index in [-0.39, 0.29) is 12.4 Å². The van der Waals surface area contributed by atoms with E-state index in [2.05, 4.69) is 34.9 Å². The van der Waals surface area contributed by atoms with E-state index in [1.54, 1.807) is 4.90 Å². The van der Waals surface area contributed by atoms with Crippen molar-refractivity contribution >= 4 is 0 Å². The number of halogens is 1. The molecule has 0 aromatic rings. The molecule has 250 valence electrons. The van der Waals surface area contributed by atoms with Crippen LogP contribution in [0.1, 0.15) is 233 Å². The second kappa shape index (κ2) is 34.7. The number of nitrogens with one attached hydrogen (secondary N) is 1. The molecule has 1 N–H and O–H groups in total. The summed E-state index contributed by atoms with van der Waals surface area (Å²) in [5.74, 6) is 0. The number of unbranched alkanes of at least 4 members (excludes halogenated alkanes) is 27. The molecule has 0 aliphatic heterocycles. The van der Waals surface area contributed by atoms with E-state index >= 15 is 0 Å². The molecule has 41 heavy (non-hydrogen) atoms. The fraction of sp³-hybridized carbons (Fsp3) is 1.00. The highest BCUT2D eigenvalue weighted by atomic mass is 35.5. The van der Waals surface area contributed by atoms with Gasteiger partial charge < -0.3 is 17.3 Å². The lowest BCUT2D eigenvalue weighted by molar-refractivity contribution is -0.917. The van der Waals surface area contributed by atoms with Crippen LogP contribution in [0.2, 0.25) is 0 Å². The number of hydrogen-bond donors (Lipinski definition) is 1. The maximum atomic E-state index is 2.49. The van der Waals surface area contributed by atoms with Crippen molar-refractivity contribution < 1.29 is 17.3 Å². The molecule has 0 aromatic carbocycles. The van der Waals surface area contributed by atoms with Gasteiger partial charge in [0.2, 0.25) is 0 Å². The van der Waals surface area contributed by atoms with Gasteiger partial charge in [0.1, 0.15) is 0 Å². The number of quaternary nitrogens is 1. The molecular weight excluding hydrogens is 518 g/mol. The van der Waals surface area contributed by atoms with Crippen molar-refractivity contribution in [3.63, 3.8) is 0 Å². The summed E-state index contributed by atoms with van der Waals surface area (Å²) in [6, 6.07) is 0. The molecule has 0 atom stereocenters. The lowest BCUT2D eigenvalue weighted by atomic mass is 9.80. The molecule has 0 heterocycles. The molecular formula is C39H82ClN. The number of hydrogen-bond acceptors (Lipinski definition) is 0. The van der Waals surface area contributed by atoms with Crippen LogP contribution in [0.5, 0.6) is 0 Å². The Kier molecular flexibility index (Phi) is 36.8. The Hall–Kier alpha value is 0.250. The van der Waals surface area contributed by atoms with Gasteiger partial charge in [-0.05, 0) is 19.3 Å². The summed E-state index contributed by atoms with van der Waals surface area (Å²) in [5, 5.41) is 0. The second-order valence-corrected chi connectivity index (χ2v) is 14.1. The van der Waals surface area contributed by atoms with Crippen LogP contribution in [0.25, 0.3) is 0 Å². The average molecular weight is 601 g/mol. The maximum Gasteiger partial charge on any atom is 0.0972 e. The van der Waals surface area contributed by atoms with Gasteiger partial charge >= 0.3 is 0 Å². The lowest BCUT2D eigenvalue weighted by Crippen LogP contribution is -3.15. The van der Waals surface area contributed by atoms with E-state index in [0.717, 1.165) is 0 Å². The molecule has 0 rings (SSSR count). The van der Waals surface area contributed by atoms with Crippen LogP contribution >= 0.6 is 0 Å². The first-order valence-corrected chi connectivity index (χ1v) is 19.4. The first-order chi connectivity index (χ1) is 19.6. The van der Waals surface area contributed by atoms with Gasteiger partial charge in [0, 0.05) is 19.3 Å². The summed E-state index contributed by atoms with van der Waals surface area (Å²) in [7, 11) is 4.98. The highest BCUT2D eigenvalue weighted by Gasteiger charge is 2.34. The third-order valence-corrected chi connectivity index (χ3v) is 10.1. The van der Waals surface area contributed by atoms with Crippen LogP contribution in [-0.4, -0.2) is 19.6 Å². The molecule has 0 radical (unpaired) electrons. The molecule has 0 bridgehead atoms. The van der Waals surface area contributed by atoms with E-state index in [1.165, 1.54) is 212 Å². The summed E-state index contributed by atoms with van der Waals surface area (Å²) in [6.45, 7) is 6.97. The lowest BCUT2D eigenvalue weighted by Gasteiger charge is -2.38. The monoisotopic (exact) mass is 600 g/mol. The molecule has 0 aliphatic carbocycles. The van der Waals surface area contributed by atoms with Crippen LogP contribution in [0.3, 0.4) is 0 Å². The maximum absolute atomic E-state index is 2.49. The largest absolute Gasteiger partial charge is 1.00 e. The Morgan fingerprint density at radius 3 is 0.634 bits per heavy atom. The van der Waals surface area contributed by atoms with Gasteiger partial charge in [0.05, 0.1) is 19.6 Å². The Bertz CT molecular complexity index is 403. The standard InChI is InChI=1S/C39H81N.ClH/c1-6-9-12-15-18-21-24-27-30-33-36-39(40(4)5,37-34-31-28-25-22-19-16-13-10-7-2)38-35-32-29-26-23-20-17-14-11-8-3;/h6-38H2,1-5H3;1H. The van der Waals surface area contributed by atoms with Crippen LogP contribution < -0.4 is 17.3 Å². The molecule has 1 nitrogen and oxygen atoms in total. The molecule has 0 fully saturated rings. The van der Waals surface area contributed by atoms with Crippen LogP contribution in [-0.2, 0) is 0 Å². The zero-order chi connectivity index (χ0) is 29.4. The Balaban J connectivity index is 0. The van der Waals surface area contributed by atoms with Gasteiger partial charge in [0.15, 0.2) is 0 Å². The minimum Gasteiger partial charge on any atom is -1.00 e. The average Bonchev–Trinajstić information content (AvgIpc) is 2.95. The molecule has 0 amide bonds. The smallest absolute Gasteiger partial charge is 0.0972 e. The molecule has 2 heteroatoms. The predicted octanol–water partition coefficient (Wildman–Crippen LogP) is 9.81. The minimum absolute atomic E-state index is 0. The van der Waals surface area contributed by atoms with Crippen molar-refractivity contribution in [2.75, 3.05) is 14.1 Å². The molecule has 0 aromatic heterocycles. The van der Waals surface area contributed by atoms with Crippen LogP contribution in [0.15, 0.2) is 0 Å². The van der Waals surface area contributed by atoms with E-state index in [4.69, 9.17) is 0 Å². The van der Waals surface area contributed by atoms with Gasteiger partial charge in [0.25, 0.3) is 0 Å². The minimum atomic E-state index is 0. The Labute approximate surface area is 269 Å². The first kappa shape index (κ1) is 43.4. The SMILES string of the molecule is CCCCCCCCCCCCC(CCCCCCCCCCCC)(CCCCCCCCCCCC)[NH+](C)C.[Cl-]. The van der Waals surface area contributed by atoms with Crippen molar-refractivity contribution in [2.45, 2.75) is 238 Å². The highest BCUT2D eigenvalue weighted by Crippen LogP contribution is 2.27. The number of rotatable bonds is 34. The third-order valence-electron chi connectivity index (χ3n) is 10.1. The Morgan fingerprint density at radius 2 is 0.463 bits per heavy atom. The normalized spacial score (nSPS) is 11.9. The molecule has 0 spiro atoms. The van der Waals surface area contributed by atoms with Gasteiger partial charge in [-0.15, -0.1) is 0 Å². The third kappa shape index (κ3) is 28.8. The van der Waals surface area contributed by atoms with Gasteiger partial charge in [-0.2, -0.15) is 0 Å². The van der Waals surface area contributed by atoms with Gasteiger partial charge in [-0.25, -0.2) is 0 Å². The summed E-state index contributed by atoms with van der Waals surface area (Å²) in [4.78, 5) is 1.76. The van der Waals surface area contributed by atoms with Crippen molar-refractivity contribution in [1.82, 2.24) is 0 Å². The van der Waals surface area contributed by atoms with E-state index in [9.17, 15) is 0 Å². The van der Waals surface area contributed by atoms with Crippen molar-refractivity contribution in [2.24, 2.45) is 0 Å². The van der Waals surface area contributed by atoms with Crippen LogP contribution in [0.4, 0.5) is 0 Å². The summed E-state index contributed by atoms with van der Waals surface area (Å²) in [5.41, 5.74) is 0.542. The second-order valence-electron chi connectivity index (χ2n) is 14.1. The van der Waals surface area contributed by atoms with Gasteiger partial charge in [-0.1, -0.05) is 194 Å². The molecule has 0 aliphatic rings. The summed E-state index contributed by atoms with van der Waals surface area (Å²) < 4.78 is 0. The molecule has 0 saturated heterocycles. The zero-order valence-corrected chi connectivity index (χ0v) is 30.5. The topological polar surface area (TPSA) is 4.44 Å². The van der Waals surface area contributed by atoms with Crippen molar-refractivity contribution in [3.05, 3.63) is 0 Å². The first-order valence-electron chi connectivity index (χ1n) is 19.4. The van der Waals surface area contributed by atoms with E-state index < -0.39 is 0 Å². The predicted molar refractivity (Wildman–Crippen MR) is 185 cm³/mol. The molecule has 0 unspecified atom stereocenters.